The van der Waals surface area contributed by atoms with Crippen molar-refractivity contribution in [1.82, 2.24) is 24.5 Å². The summed E-state index contributed by atoms with van der Waals surface area (Å²) in [6, 6.07) is 0. The Morgan fingerprint density at radius 2 is 0.558 bits per heavy atom. The zero-order valence-electron chi connectivity index (χ0n) is 64.1. The van der Waals surface area contributed by atoms with Crippen LogP contribution in [0.1, 0.15) is 339 Å². The minimum atomic E-state index is -0.780. The molecule has 1 saturated heterocycles. The standard InChI is InChI=1S/C80H155N5O10/c1-11-21-31-36-44-71(41-26-16-6)74(86)93-68-65-84(63-64-85(66-69-94-75(87)72(42-27-17-7)45-37-32-22-12-2)67-70-95-76(88)73(43-28-18-8)46-38-33-23-13-3)62-61-83-59-57-82(58-60-83)56-55-81(53-51-79(77(89)90,47-29-19-9)49-39-34-24-14-4)54-52-80(78(91)92,48-30-20-10)50-40-35-25-15-5/h71-73H,11-70H2,1-10H3,(H,89,90)(H,91,92). The van der Waals surface area contributed by atoms with Crippen molar-refractivity contribution in [1.29, 1.82) is 0 Å². The summed E-state index contributed by atoms with van der Waals surface area (Å²) in [5, 5.41) is 22.0. The van der Waals surface area contributed by atoms with Crippen LogP contribution in [0.15, 0.2) is 0 Å². The Balaban J connectivity index is 3.53. The minimum Gasteiger partial charge on any atom is -0.481 e. The number of hydrogen-bond acceptors (Lipinski definition) is 13. The van der Waals surface area contributed by atoms with Crippen LogP contribution >= 0.6 is 0 Å². The molecule has 0 saturated carbocycles. The highest BCUT2D eigenvalue weighted by atomic mass is 16.5. The molecule has 1 fully saturated rings. The first-order valence-electron chi connectivity index (χ1n) is 40.7. The molecule has 560 valence electrons. The SMILES string of the molecule is CCCCCCC(CCCC)C(=O)OCCN(CCOC(=O)C(CCCC)CCCCCC)CCN(CCOC(=O)C(CCCC)CCCCCC)CCN1CCN(CCN(CCC(CCCC)(CCCCCC)C(=O)O)CCC(CCCC)(CCCCCC)C(=O)O)CC1. The van der Waals surface area contributed by atoms with E-state index < -0.39 is 22.8 Å². The van der Waals surface area contributed by atoms with E-state index >= 15 is 0 Å². The molecule has 5 unspecified atom stereocenters. The van der Waals surface area contributed by atoms with Gasteiger partial charge in [-0.25, -0.2) is 0 Å². The van der Waals surface area contributed by atoms with E-state index in [1.54, 1.807) is 0 Å². The number of hydrogen-bond donors (Lipinski definition) is 2. The number of aliphatic carboxylic acids is 2. The lowest BCUT2D eigenvalue weighted by atomic mass is 9.74. The van der Waals surface area contributed by atoms with Gasteiger partial charge in [0.25, 0.3) is 0 Å². The number of rotatable bonds is 69. The number of ether oxygens (including phenoxy) is 3. The molecule has 0 aromatic heterocycles. The molecule has 0 bridgehead atoms. The summed E-state index contributed by atoms with van der Waals surface area (Å²) >= 11 is 0. The van der Waals surface area contributed by atoms with Gasteiger partial charge in [-0.05, 0) is 90.1 Å². The summed E-state index contributed by atoms with van der Waals surface area (Å²) in [6.07, 6.45) is 40.9. The summed E-state index contributed by atoms with van der Waals surface area (Å²) in [4.78, 5) is 80.4. The van der Waals surface area contributed by atoms with E-state index in [0.29, 0.717) is 90.9 Å². The lowest BCUT2D eigenvalue weighted by molar-refractivity contribution is -0.152. The first kappa shape index (κ1) is 90.2. The Morgan fingerprint density at radius 1 is 0.305 bits per heavy atom. The molecule has 0 spiro atoms. The number of piperazine rings is 1. The Hall–Kier alpha value is -2.85. The monoisotopic (exact) mass is 1350 g/mol. The average molecular weight is 1350 g/mol. The number of carboxylic acids is 2. The molecular weight excluding hydrogens is 1190 g/mol. The second-order valence-corrected chi connectivity index (χ2v) is 29.3. The van der Waals surface area contributed by atoms with Gasteiger partial charge in [-0.1, -0.05) is 262 Å². The number of carboxylic acid groups (broad SMARTS) is 2. The first-order valence-corrected chi connectivity index (χ1v) is 40.7. The molecule has 2 N–H and O–H groups in total. The molecule has 95 heavy (non-hydrogen) atoms. The molecule has 0 amide bonds. The van der Waals surface area contributed by atoms with Crippen LogP contribution in [0.2, 0.25) is 0 Å². The molecule has 1 aliphatic rings. The van der Waals surface area contributed by atoms with Crippen LogP contribution in [0.25, 0.3) is 0 Å². The number of unbranched alkanes of at least 4 members (excludes halogenated alkanes) is 20. The lowest BCUT2D eigenvalue weighted by Gasteiger charge is -2.38. The zero-order valence-corrected chi connectivity index (χ0v) is 64.1. The number of esters is 3. The topological polar surface area (TPSA) is 170 Å². The molecular formula is C80H155N5O10. The molecule has 0 aromatic carbocycles. The number of carbonyl (C=O) groups excluding carboxylic acids is 3. The Morgan fingerprint density at radius 3 is 0.842 bits per heavy atom. The number of carbonyl (C=O) groups is 5. The molecule has 1 aliphatic heterocycles. The fourth-order valence-electron chi connectivity index (χ4n) is 14.2. The molecule has 0 aromatic rings. The van der Waals surface area contributed by atoms with Crippen LogP contribution in [0.4, 0.5) is 0 Å². The van der Waals surface area contributed by atoms with Crippen molar-refractivity contribution in [3.05, 3.63) is 0 Å². The second kappa shape index (κ2) is 60.0. The molecule has 0 radical (unpaired) electrons. The third-order valence-corrected chi connectivity index (χ3v) is 21.3. The van der Waals surface area contributed by atoms with Crippen molar-refractivity contribution in [2.24, 2.45) is 28.6 Å². The van der Waals surface area contributed by atoms with Crippen LogP contribution in [0.3, 0.4) is 0 Å². The highest BCUT2D eigenvalue weighted by Crippen LogP contribution is 2.39. The molecule has 1 heterocycles. The average Bonchev–Trinajstić information content (AvgIpc) is 1.07. The van der Waals surface area contributed by atoms with Gasteiger partial charge in [0, 0.05) is 85.1 Å². The van der Waals surface area contributed by atoms with Crippen LogP contribution in [-0.4, -0.2) is 183 Å². The summed E-state index contributed by atoms with van der Waals surface area (Å²) in [5.41, 5.74) is -1.56. The maximum absolute atomic E-state index is 13.8. The highest BCUT2D eigenvalue weighted by Gasteiger charge is 2.40. The normalized spacial score (nSPS) is 15.5. The largest absolute Gasteiger partial charge is 0.481 e. The van der Waals surface area contributed by atoms with Gasteiger partial charge in [0.1, 0.15) is 19.8 Å². The predicted molar refractivity (Wildman–Crippen MR) is 396 cm³/mol. The molecule has 15 nitrogen and oxygen atoms in total. The van der Waals surface area contributed by atoms with Gasteiger partial charge in [-0.3, -0.25) is 43.6 Å². The predicted octanol–water partition coefficient (Wildman–Crippen LogP) is 18.7. The summed E-state index contributed by atoms with van der Waals surface area (Å²) < 4.78 is 18.5. The fraction of sp³-hybridized carbons (Fsp3) is 0.938. The first-order chi connectivity index (χ1) is 46.1. The van der Waals surface area contributed by atoms with Crippen molar-refractivity contribution in [3.63, 3.8) is 0 Å². The van der Waals surface area contributed by atoms with E-state index in [1.165, 1.54) is 19.3 Å². The van der Waals surface area contributed by atoms with E-state index in [0.717, 1.165) is 264 Å². The van der Waals surface area contributed by atoms with Crippen LogP contribution in [0.5, 0.6) is 0 Å². The van der Waals surface area contributed by atoms with Gasteiger partial charge in [-0.2, -0.15) is 0 Å². The molecule has 5 atom stereocenters. The smallest absolute Gasteiger partial charge is 0.309 e. The van der Waals surface area contributed by atoms with E-state index in [2.05, 4.69) is 93.7 Å². The van der Waals surface area contributed by atoms with Gasteiger partial charge in [-0.15, -0.1) is 0 Å². The molecule has 0 aliphatic carbocycles. The van der Waals surface area contributed by atoms with E-state index in [-0.39, 0.29) is 48.9 Å². The van der Waals surface area contributed by atoms with E-state index in [4.69, 9.17) is 14.2 Å². The summed E-state index contributed by atoms with van der Waals surface area (Å²) in [5.74, 6) is -1.84. The molecule has 15 heteroatoms. The van der Waals surface area contributed by atoms with Crippen LogP contribution in [0, 0.1) is 28.6 Å². The maximum atomic E-state index is 13.8. The van der Waals surface area contributed by atoms with Crippen molar-refractivity contribution in [3.8, 4) is 0 Å². The van der Waals surface area contributed by atoms with E-state index in [9.17, 15) is 34.2 Å². The maximum Gasteiger partial charge on any atom is 0.309 e. The summed E-state index contributed by atoms with van der Waals surface area (Å²) in [6.45, 7) is 34.0. The van der Waals surface area contributed by atoms with Crippen molar-refractivity contribution in [2.45, 2.75) is 339 Å². The van der Waals surface area contributed by atoms with Gasteiger partial charge in [0.05, 0.1) is 28.6 Å². The Kier molecular flexibility index (Phi) is 56.9. The van der Waals surface area contributed by atoms with Gasteiger partial charge < -0.3 is 29.3 Å². The lowest BCUT2D eigenvalue weighted by Crippen LogP contribution is -2.51. The Labute approximate surface area is 585 Å². The van der Waals surface area contributed by atoms with Crippen LogP contribution < -0.4 is 0 Å². The van der Waals surface area contributed by atoms with E-state index in [1.807, 2.05) is 0 Å². The van der Waals surface area contributed by atoms with Gasteiger partial charge in [0.15, 0.2) is 0 Å². The third kappa shape index (κ3) is 42.8. The van der Waals surface area contributed by atoms with Crippen molar-refractivity contribution < 1.29 is 48.4 Å². The third-order valence-electron chi connectivity index (χ3n) is 21.3. The quantitative estimate of drug-likeness (QED) is 0.0335. The fourth-order valence-corrected chi connectivity index (χ4v) is 14.2. The Bertz CT molecular complexity index is 1770. The minimum absolute atomic E-state index is 0.0692. The van der Waals surface area contributed by atoms with Gasteiger partial charge >= 0.3 is 29.8 Å². The van der Waals surface area contributed by atoms with Crippen molar-refractivity contribution in [2.75, 3.05) is 118 Å². The summed E-state index contributed by atoms with van der Waals surface area (Å²) in [7, 11) is 0. The second-order valence-electron chi connectivity index (χ2n) is 29.3. The molecule has 1 rings (SSSR count). The highest BCUT2D eigenvalue weighted by molar-refractivity contribution is 5.75. The van der Waals surface area contributed by atoms with Crippen LogP contribution in [-0.2, 0) is 38.2 Å². The van der Waals surface area contributed by atoms with Crippen molar-refractivity contribution >= 4 is 29.8 Å². The number of nitrogens with zero attached hydrogens (tertiary/aromatic N) is 5. The van der Waals surface area contributed by atoms with Gasteiger partial charge in [0.2, 0.25) is 0 Å². The zero-order chi connectivity index (χ0) is 70.1.